The van der Waals surface area contributed by atoms with E-state index in [0.717, 1.165) is 4.47 Å². The molecule has 0 unspecified atom stereocenters. The van der Waals surface area contributed by atoms with Crippen LogP contribution in [0.15, 0.2) is 22.7 Å². The summed E-state index contributed by atoms with van der Waals surface area (Å²) in [6.07, 6.45) is 0. The normalized spacial score (nSPS) is 10.3. The maximum atomic E-state index is 5.76. The van der Waals surface area contributed by atoms with E-state index in [9.17, 15) is 0 Å². The molecule has 0 aliphatic carbocycles. The number of benzene rings is 1. The topological polar surface area (TPSA) is 78.8 Å². The summed E-state index contributed by atoms with van der Waals surface area (Å²) in [6, 6.07) is 5.62. The molecule has 6 nitrogen and oxygen atoms in total. The summed E-state index contributed by atoms with van der Waals surface area (Å²) in [7, 11) is 1.68. The molecule has 0 radical (unpaired) electrons. The fourth-order valence-corrected chi connectivity index (χ4v) is 1.40. The van der Waals surface area contributed by atoms with E-state index < -0.39 is 0 Å². The number of halogens is 1. The van der Waals surface area contributed by atoms with Gasteiger partial charge in [-0.3, -0.25) is 0 Å². The monoisotopic (exact) mass is 269 g/mol. The number of anilines is 1. The summed E-state index contributed by atoms with van der Waals surface area (Å²) in [4.78, 5) is 0. The number of aryl methyl sites for hydroxylation is 1. The highest BCUT2D eigenvalue weighted by molar-refractivity contribution is 9.10. The van der Waals surface area contributed by atoms with Crippen LogP contribution >= 0.6 is 15.9 Å². The predicted molar refractivity (Wildman–Crippen MR) is 57.4 cm³/mol. The van der Waals surface area contributed by atoms with Crippen molar-refractivity contribution < 1.29 is 4.74 Å². The molecule has 2 rings (SSSR count). The van der Waals surface area contributed by atoms with Gasteiger partial charge in [0.25, 0.3) is 0 Å². The second kappa shape index (κ2) is 3.85. The lowest BCUT2D eigenvalue weighted by Gasteiger charge is -2.05. The fraction of sp³-hybridized carbons (Fsp3) is 0.125. The van der Waals surface area contributed by atoms with Gasteiger partial charge in [0, 0.05) is 11.5 Å². The van der Waals surface area contributed by atoms with Crippen LogP contribution < -0.4 is 10.5 Å². The Hall–Kier alpha value is -1.63. The first-order valence-corrected chi connectivity index (χ1v) is 4.91. The van der Waals surface area contributed by atoms with E-state index in [0.29, 0.717) is 17.4 Å². The summed E-state index contributed by atoms with van der Waals surface area (Å²) >= 11 is 3.31. The van der Waals surface area contributed by atoms with Crippen LogP contribution in [0.4, 0.5) is 5.69 Å². The molecule has 0 fully saturated rings. The lowest BCUT2D eigenvalue weighted by molar-refractivity contribution is 0.416. The second-order valence-corrected chi connectivity index (χ2v) is 3.78. The molecule has 1 heterocycles. The number of hydrogen-bond donors (Lipinski definition) is 1. The van der Waals surface area contributed by atoms with Crippen molar-refractivity contribution in [1.29, 1.82) is 0 Å². The van der Waals surface area contributed by atoms with Crippen molar-refractivity contribution in [3.8, 4) is 11.8 Å². The first kappa shape index (κ1) is 9.91. The molecule has 0 aliphatic rings. The van der Waals surface area contributed by atoms with Gasteiger partial charge >= 0.3 is 6.01 Å². The lowest BCUT2D eigenvalue weighted by atomic mass is 10.3. The fourth-order valence-electron chi connectivity index (χ4n) is 1.02. The van der Waals surface area contributed by atoms with Gasteiger partial charge in [-0.2, -0.15) is 4.68 Å². The number of nitrogens with two attached hydrogens (primary N) is 1. The van der Waals surface area contributed by atoms with E-state index in [2.05, 4.69) is 31.5 Å². The zero-order valence-corrected chi connectivity index (χ0v) is 9.47. The molecule has 2 N–H and O–H groups in total. The van der Waals surface area contributed by atoms with Gasteiger partial charge in [-0.15, -0.1) is 0 Å². The zero-order chi connectivity index (χ0) is 10.8. The number of tetrazole rings is 1. The minimum absolute atomic E-state index is 0.295. The van der Waals surface area contributed by atoms with Gasteiger partial charge in [-0.05, 0) is 28.6 Å². The van der Waals surface area contributed by atoms with E-state index in [4.69, 9.17) is 10.5 Å². The Morgan fingerprint density at radius 2 is 2.27 bits per heavy atom. The van der Waals surface area contributed by atoms with E-state index in [1.807, 2.05) is 6.07 Å². The van der Waals surface area contributed by atoms with Crippen LogP contribution in [0, 0.1) is 0 Å². The van der Waals surface area contributed by atoms with E-state index in [-0.39, 0.29) is 0 Å². The summed E-state index contributed by atoms with van der Waals surface area (Å²) in [5, 5.41) is 10.8. The molecule has 0 aliphatic heterocycles. The van der Waals surface area contributed by atoms with Crippen molar-refractivity contribution in [1.82, 2.24) is 20.2 Å². The molecule has 2 aromatic rings. The van der Waals surface area contributed by atoms with Crippen LogP contribution in [0.3, 0.4) is 0 Å². The highest BCUT2D eigenvalue weighted by Crippen LogP contribution is 2.28. The van der Waals surface area contributed by atoms with Gasteiger partial charge in [0.15, 0.2) is 5.75 Å². The molecular weight excluding hydrogens is 262 g/mol. The summed E-state index contributed by atoms with van der Waals surface area (Å²) in [6.45, 7) is 0. The largest absolute Gasteiger partial charge is 0.421 e. The maximum absolute atomic E-state index is 5.76. The van der Waals surface area contributed by atoms with E-state index in [1.165, 1.54) is 4.68 Å². The number of aromatic nitrogens is 4. The number of nitrogen functional groups attached to an aromatic ring is 1. The average molecular weight is 270 g/mol. The quantitative estimate of drug-likeness (QED) is 0.833. The molecule has 0 saturated heterocycles. The average Bonchev–Trinajstić information content (AvgIpc) is 2.57. The Kier molecular flexibility index (Phi) is 2.55. The second-order valence-electron chi connectivity index (χ2n) is 2.87. The standard InChI is InChI=1S/C8H8BrN5O/c1-14-8(11-12-13-14)15-7-3-2-5(9)4-6(7)10/h2-4H,10H2,1H3. The van der Waals surface area contributed by atoms with Gasteiger partial charge < -0.3 is 10.5 Å². The maximum Gasteiger partial charge on any atom is 0.340 e. The van der Waals surface area contributed by atoms with Crippen LogP contribution in [0.5, 0.6) is 11.8 Å². The van der Waals surface area contributed by atoms with Crippen molar-refractivity contribution in [2.75, 3.05) is 5.73 Å². The third-order valence-electron chi connectivity index (χ3n) is 1.75. The van der Waals surface area contributed by atoms with Crippen LogP contribution in [-0.4, -0.2) is 20.2 Å². The minimum Gasteiger partial charge on any atom is -0.421 e. The number of nitrogens with zero attached hydrogens (tertiary/aromatic N) is 4. The van der Waals surface area contributed by atoms with Gasteiger partial charge in [0.1, 0.15) is 0 Å². The predicted octanol–water partition coefficient (Wildman–Crippen LogP) is 1.35. The van der Waals surface area contributed by atoms with Gasteiger partial charge in [0.05, 0.1) is 5.69 Å². The molecular formula is C8H8BrN5O. The molecule has 78 valence electrons. The Labute approximate surface area is 94.2 Å². The van der Waals surface area contributed by atoms with Crippen LogP contribution in [-0.2, 0) is 7.05 Å². The van der Waals surface area contributed by atoms with Crippen molar-refractivity contribution in [3.63, 3.8) is 0 Å². The molecule has 1 aromatic carbocycles. The van der Waals surface area contributed by atoms with Gasteiger partial charge in [-0.1, -0.05) is 21.0 Å². The Bertz CT molecular complexity index is 484. The van der Waals surface area contributed by atoms with Crippen molar-refractivity contribution in [2.24, 2.45) is 7.05 Å². The third kappa shape index (κ3) is 2.07. The lowest BCUT2D eigenvalue weighted by Crippen LogP contribution is -1.98. The molecule has 0 atom stereocenters. The molecule has 0 bridgehead atoms. The summed E-state index contributed by atoms with van der Waals surface area (Å²) in [5.74, 6) is 0.524. The Morgan fingerprint density at radius 3 is 2.87 bits per heavy atom. The molecule has 15 heavy (non-hydrogen) atoms. The highest BCUT2D eigenvalue weighted by atomic mass is 79.9. The molecule has 7 heteroatoms. The summed E-state index contributed by atoms with van der Waals surface area (Å²) < 4.78 is 7.73. The first-order chi connectivity index (χ1) is 7.16. The van der Waals surface area contributed by atoms with Crippen molar-refractivity contribution >= 4 is 21.6 Å². The third-order valence-corrected chi connectivity index (χ3v) is 2.25. The minimum atomic E-state index is 0.295. The molecule has 0 spiro atoms. The number of ether oxygens (including phenoxy) is 1. The number of rotatable bonds is 2. The first-order valence-electron chi connectivity index (χ1n) is 4.12. The van der Waals surface area contributed by atoms with E-state index in [1.54, 1.807) is 19.2 Å². The van der Waals surface area contributed by atoms with Crippen molar-refractivity contribution in [2.45, 2.75) is 0 Å². The molecule has 0 saturated carbocycles. The highest BCUT2D eigenvalue weighted by Gasteiger charge is 2.07. The van der Waals surface area contributed by atoms with Gasteiger partial charge in [0.2, 0.25) is 0 Å². The molecule has 0 amide bonds. The number of hydrogen-bond acceptors (Lipinski definition) is 5. The van der Waals surface area contributed by atoms with E-state index >= 15 is 0 Å². The van der Waals surface area contributed by atoms with Crippen molar-refractivity contribution in [3.05, 3.63) is 22.7 Å². The SMILES string of the molecule is Cn1nnnc1Oc1ccc(Br)cc1N. The van der Waals surface area contributed by atoms with Gasteiger partial charge in [-0.25, -0.2) is 0 Å². The Morgan fingerprint density at radius 1 is 1.47 bits per heavy atom. The smallest absolute Gasteiger partial charge is 0.340 e. The molecule has 1 aromatic heterocycles. The Balaban J connectivity index is 2.29. The van der Waals surface area contributed by atoms with Crippen LogP contribution in [0.1, 0.15) is 0 Å². The van der Waals surface area contributed by atoms with Crippen LogP contribution in [0.25, 0.3) is 0 Å². The zero-order valence-electron chi connectivity index (χ0n) is 7.88. The van der Waals surface area contributed by atoms with Crippen LogP contribution in [0.2, 0.25) is 0 Å². The summed E-state index contributed by atoms with van der Waals surface area (Å²) in [5.41, 5.74) is 6.28.